The molecule has 0 bridgehead atoms. The molecule has 7 heteroatoms. The highest BCUT2D eigenvalue weighted by atomic mass is 79.9. The number of thiazole rings is 1. The van der Waals surface area contributed by atoms with E-state index in [4.69, 9.17) is 4.74 Å². The van der Waals surface area contributed by atoms with Crippen molar-refractivity contribution in [2.45, 2.75) is 6.61 Å². The number of ether oxygens (including phenoxy) is 1. The van der Waals surface area contributed by atoms with Crippen molar-refractivity contribution in [3.63, 3.8) is 0 Å². The Labute approximate surface area is 169 Å². The van der Waals surface area contributed by atoms with Crippen molar-refractivity contribution >= 4 is 44.4 Å². The second-order valence-corrected chi connectivity index (χ2v) is 7.17. The van der Waals surface area contributed by atoms with E-state index in [0.717, 1.165) is 10.0 Å². The molecule has 134 valence electrons. The van der Waals surface area contributed by atoms with Crippen molar-refractivity contribution in [2.24, 2.45) is 0 Å². The molecule has 3 rings (SSSR count). The molecule has 1 heterocycles. The maximum Gasteiger partial charge on any atom is 0.268 e. The van der Waals surface area contributed by atoms with Gasteiger partial charge in [-0.15, -0.1) is 11.3 Å². The summed E-state index contributed by atoms with van der Waals surface area (Å²) in [6, 6.07) is 17.2. The van der Waals surface area contributed by atoms with Crippen LogP contribution in [0.15, 0.2) is 70.2 Å². The fourth-order valence-corrected chi connectivity index (χ4v) is 3.26. The molecule has 27 heavy (non-hydrogen) atoms. The van der Waals surface area contributed by atoms with E-state index in [9.17, 15) is 10.1 Å². The Morgan fingerprint density at radius 3 is 2.78 bits per heavy atom. The summed E-state index contributed by atoms with van der Waals surface area (Å²) in [5, 5.41) is 14.1. The van der Waals surface area contributed by atoms with Crippen LogP contribution in [0.4, 0.5) is 5.13 Å². The molecule has 2 aromatic carbocycles. The first kappa shape index (κ1) is 18.8. The van der Waals surface area contributed by atoms with E-state index < -0.39 is 5.91 Å². The summed E-state index contributed by atoms with van der Waals surface area (Å²) in [5.41, 5.74) is 1.77. The number of hydrogen-bond acceptors (Lipinski definition) is 5. The SMILES string of the molecule is N#C/C(=C/c1ccc(OCc2ccccc2)c(Br)c1)C(=O)Nc1nccs1. The number of hydrogen-bond donors (Lipinski definition) is 1. The molecule has 0 radical (unpaired) electrons. The predicted molar refractivity (Wildman–Crippen MR) is 109 cm³/mol. The van der Waals surface area contributed by atoms with Crippen LogP contribution >= 0.6 is 27.3 Å². The monoisotopic (exact) mass is 439 g/mol. The van der Waals surface area contributed by atoms with Crippen LogP contribution in [0.1, 0.15) is 11.1 Å². The molecule has 0 aliphatic heterocycles. The molecule has 3 aromatic rings. The molecule has 0 aliphatic rings. The van der Waals surface area contributed by atoms with Gasteiger partial charge in [-0.05, 0) is 45.3 Å². The summed E-state index contributed by atoms with van der Waals surface area (Å²) < 4.78 is 6.55. The van der Waals surface area contributed by atoms with E-state index in [2.05, 4.69) is 26.2 Å². The molecule has 1 N–H and O–H groups in total. The van der Waals surface area contributed by atoms with Crippen molar-refractivity contribution < 1.29 is 9.53 Å². The Balaban J connectivity index is 1.70. The summed E-state index contributed by atoms with van der Waals surface area (Å²) >= 11 is 4.76. The fourth-order valence-electron chi connectivity index (χ4n) is 2.22. The van der Waals surface area contributed by atoms with Gasteiger partial charge in [-0.3, -0.25) is 10.1 Å². The standard InChI is InChI=1S/C20H14BrN3O2S/c21-17-11-15(6-7-18(17)26-13-14-4-2-1-3-5-14)10-16(12-22)19(25)24-20-23-8-9-27-20/h1-11H,13H2,(H,23,24,25)/b16-10-. The smallest absolute Gasteiger partial charge is 0.268 e. The van der Waals surface area contributed by atoms with Gasteiger partial charge in [-0.25, -0.2) is 4.98 Å². The fraction of sp³-hybridized carbons (Fsp3) is 0.0500. The van der Waals surface area contributed by atoms with Gasteiger partial charge >= 0.3 is 0 Å². The lowest BCUT2D eigenvalue weighted by Gasteiger charge is -2.09. The van der Waals surface area contributed by atoms with Gasteiger partial charge in [0.05, 0.1) is 4.47 Å². The van der Waals surface area contributed by atoms with Crippen LogP contribution in [-0.2, 0) is 11.4 Å². The first-order valence-corrected chi connectivity index (χ1v) is 9.62. The molecule has 0 saturated carbocycles. The minimum absolute atomic E-state index is 0.00458. The quantitative estimate of drug-likeness (QED) is 0.431. The van der Waals surface area contributed by atoms with E-state index in [-0.39, 0.29) is 5.57 Å². The maximum absolute atomic E-state index is 12.2. The topological polar surface area (TPSA) is 75.0 Å². The summed E-state index contributed by atoms with van der Waals surface area (Å²) in [4.78, 5) is 16.2. The van der Waals surface area contributed by atoms with E-state index in [1.807, 2.05) is 36.4 Å². The van der Waals surface area contributed by atoms with Crippen LogP contribution in [0.25, 0.3) is 6.08 Å². The molecule has 0 saturated heterocycles. The van der Waals surface area contributed by atoms with Crippen molar-refractivity contribution in [3.8, 4) is 11.8 Å². The zero-order valence-corrected chi connectivity index (χ0v) is 16.5. The highest BCUT2D eigenvalue weighted by Crippen LogP contribution is 2.28. The summed E-state index contributed by atoms with van der Waals surface area (Å²) in [5.74, 6) is 0.190. The lowest BCUT2D eigenvalue weighted by atomic mass is 10.1. The van der Waals surface area contributed by atoms with Crippen LogP contribution in [0.5, 0.6) is 5.75 Å². The molecule has 1 amide bonds. The summed E-state index contributed by atoms with van der Waals surface area (Å²) in [6.07, 6.45) is 3.11. The number of nitrogens with one attached hydrogen (secondary N) is 1. The molecule has 1 aromatic heterocycles. The molecule has 0 fully saturated rings. The molecule has 5 nitrogen and oxygen atoms in total. The van der Waals surface area contributed by atoms with Crippen molar-refractivity contribution in [2.75, 3.05) is 5.32 Å². The van der Waals surface area contributed by atoms with Gasteiger partial charge < -0.3 is 4.74 Å². The Morgan fingerprint density at radius 2 is 2.11 bits per heavy atom. The Kier molecular flexibility index (Phi) is 6.36. The van der Waals surface area contributed by atoms with Gasteiger partial charge in [-0.2, -0.15) is 5.26 Å². The summed E-state index contributed by atoms with van der Waals surface area (Å²) in [7, 11) is 0. The zero-order chi connectivity index (χ0) is 19.1. The first-order chi connectivity index (χ1) is 13.2. The number of amides is 1. The highest BCUT2D eigenvalue weighted by molar-refractivity contribution is 9.10. The largest absolute Gasteiger partial charge is 0.488 e. The van der Waals surface area contributed by atoms with Crippen molar-refractivity contribution in [3.05, 3.63) is 81.3 Å². The number of benzene rings is 2. The molecular weight excluding hydrogens is 426 g/mol. The van der Waals surface area contributed by atoms with E-state index in [1.165, 1.54) is 17.4 Å². The van der Waals surface area contributed by atoms with Gasteiger partial charge in [0, 0.05) is 11.6 Å². The lowest BCUT2D eigenvalue weighted by molar-refractivity contribution is -0.112. The maximum atomic E-state index is 12.2. The molecule has 0 spiro atoms. The van der Waals surface area contributed by atoms with E-state index in [1.54, 1.807) is 29.8 Å². The van der Waals surface area contributed by atoms with Crippen LogP contribution in [0.2, 0.25) is 0 Å². The van der Waals surface area contributed by atoms with Crippen LogP contribution in [0, 0.1) is 11.3 Å². The van der Waals surface area contributed by atoms with Gasteiger partial charge in [0.15, 0.2) is 5.13 Å². The van der Waals surface area contributed by atoms with Crippen LogP contribution in [0.3, 0.4) is 0 Å². The number of carbonyl (C=O) groups is 1. The number of rotatable bonds is 6. The molecule has 0 unspecified atom stereocenters. The minimum Gasteiger partial charge on any atom is -0.488 e. The number of nitrogens with zero attached hydrogens (tertiary/aromatic N) is 2. The second kappa shape index (κ2) is 9.12. The molecule has 0 atom stereocenters. The van der Waals surface area contributed by atoms with Crippen molar-refractivity contribution in [1.82, 2.24) is 4.98 Å². The zero-order valence-electron chi connectivity index (χ0n) is 14.1. The third-order valence-corrected chi connectivity index (χ3v) is 4.83. The predicted octanol–water partition coefficient (Wildman–Crippen LogP) is 5.03. The van der Waals surface area contributed by atoms with Gasteiger partial charge in [0.25, 0.3) is 5.91 Å². The van der Waals surface area contributed by atoms with Crippen LogP contribution < -0.4 is 10.1 Å². The third-order valence-electron chi connectivity index (χ3n) is 3.52. The first-order valence-electron chi connectivity index (χ1n) is 7.94. The number of anilines is 1. The van der Waals surface area contributed by atoms with E-state index >= 15 is 0 Å². The Hall–Kier alpha value is -2.95. The minimum atomic E-state index is -0.493. The van der Waals surface area contributed by atoms with Gasteiger partial charge in [0.1, 0.15) is 24.0 Å². The highest BCUT2D eigenvalue weighted by Gasteiger charge is 2.11. The Morgan fingerprint density at radius 1 is 1.30 bits per heavy atom. The average Bonchev–Trinajstić information content (AvgIpc) is 3.19. The number of halogens is 1. The van der Waals surface area contributed by atoms with Gasteiger partial charge in [-0.1, -0.05) is 36.4 Å². The van der Waals surface area contributed by atoms with Crippen molar-refractivity contribution in [1.29, 1.82) is 5.26 Å². The normalized spacial score (nSPS) is 10.9. The lowest BCUT2D eigenvalue weighted by Crippen LogP contribution is -2.13. The number of carbonyl (C=O) groups excluding carboxylic acids is 1. The average molecular weight is 440 g/mol. The summed E-state index contributed by atoms with van der Waals surface area (Å²) in [6.45, 7) is 0.453. The van der Waals surface area contributed by atoms with Crippen LogP contribution in [-0.4, -0.2) is 10.9 Å². The molecule has 0 aliphatic carbocycles. The Bertz CT molecular complexity index is 996. The number of nitriles is 1. The molecular formula is C20H14BrN3O2S. The van der Waals surface area contributed by atoms with Gasteiger partial charge in [0.2, 0.25) is 0 Å². The second-order valence-electron chi connectivity index (χ2n) is 5.43. The third kappa shape index (κ3) is 5.26. The van der Waals surface area contributed by atoms with E-state index in [0.29, 0.717) is 23.1 Å². The number of aromatic nitrogens is 1.